The lowest BCUT2D eigenvalue weighted by Crippen LogP contribution is -2.59. The molecule has 1 aliphatic rings. The van der Waals surface area contributed by atoms with Gasteiger partial charge in [0, 0.05) is 0 Å². The van der Waals surface area contributed by atoms with Crippen molar-refractivity contribution in [2.45, 2.75) is 30.7 Å². The summed E-state index contributed by atoms with van der Waals surface area (Å²) in [5, 5.41) is 27.0. The predicted octanol–water partition coefficient (Wildman–Crippen LogP) is -1.40. The van der Waals surface area contributed by atoms with E-state index in [1.54, 1.807) is 0 Å². The van der Waals surface area contributed by atoms with Gasteiger partial charge in [-0.25, -0.2) is 0 Å². The number of rotatable bonds is 3. The molecule has 0 aromatic rings. The zero-order chi connectivity index (χ0) is 10.7. The lowest BCUT2D eigenvalue weighted by atomic mass is 9.99. The van der Waals surface area contributed by atoms with Crippen molar-refractivity contribution in [1.82, 2.24) is 0 Å². The molecule has 1 saturated heterocycles. The van der Waals surface area contributed by atoms with E-state index in [0.717, 1.165) is 0 Å². The second-order valence-corrected chi connectivity index (χ2v) is 2.85. The van der Waals surface area contributed by atoms with Gasteiger partial charge in [-0.3, -0.25) is 0 Å². The van der Waals surface area contributed by atoms with E-state index < -0.39 is 37.3 Å². The lowest BCUT2D eigenvalue weighted by Gasteiger charge is -2.37. The summed E-state index contributed by atoms with van der Waals surface area (Å²) in [5.74, 6) is 0. The normalized spacial score (nSPS) is 43.9. The Morgan fingerprint density at radius 3 is 2.21 bits per heavy atom. The molecule has 0 spiro atoms. The quantitative estimate of drug-likeness (QED) is 0.537. The average Bonchev–Trinajstić information content (AvgIpc) is 2.21. The van der Waals surface area contributed by atoms with Gasteiger partial charge in [0.2, 0.25) is 6.29 Å². The summed E-state index contributed by atoms with van der Waals surface area (Å²) in [5.41, 5.74) is 0. The summed E-state index contributed by atoms with van der Waals surface area (Å²) < 4.78 is 28.1. The third-order valence-corrected chi connectivity index (χ3v) is 2.02. The van der Waals surface area contributed by atoms with Crippen LogP contribution < -0.4 is 0 Å². The largest absolute Gasteiger partial charge is 0.394 e. The van der Waals surface area contributed by atoms with E-state index in [-0.39, 0.29) is 0 Å². The van der Waals surface area contributed by atoms with Gasteiger partial charge in [0.05, 0.1) is 6.61 Å². The van der Waals surface area contributed by atoms with E-state index in [4.69, 9.17) is 5.11 Å². The Bertz CT molecular complexity index is 180. The van der Waals surface area contributed by atoms with Crippen molar-refractivity contribution in [1.29, 1.82) is 0 Å². The molecule has 1 heterocycles. The van der Waals surface area contributed by atoms with Crippen LogP contribution in [-0.4, -0.2) is 52.6 Å². The molecule has 3 N–H and O–H groups in total. The minimum atomic E-state index is -1.82. The molecule has 8 heteroatoms. The first kappa shape index (κ1) is 11.7. The molecular formula is C6H10F2O6. The molecule has 0 aromatic heterocycles. The molecule has 0 aromatic carbocycles. The monoisotopic (exact) mass is 216 g/mol. The van der Waals surface area contributed by atoms with Crippen LogP contribution in [-0.2, 0) is 14.6 Å². The van der Waals surface area contributed by atoms with Gasteiger partial charge in [0.1, 0.15) is 18.3 Å². The number of hydrogen-bond donors (Lipinski definition) is 3. The molecule has 84 valence electrons. The van der Waals surface area contributed by atoms with Crippen molar-refractivity contribution in [3.8, 4) is 0 Å². The molecule has 0 aliphatic carbocycles. The van der Waals surface area contributed by atoms with Crippen molar-refractivity contribution in [2.24, 2.45) is 0 Å². The van der Waals surface area contributed by atoms with E-state index in [9.17, 15) is 19.3 Å². The first-order chi connectivity index (χ1) is 6.65. The number of aliphatic hydroxyl groups is 3. The Hall–Kier alpha value is -0.380. The molecule has 0 bridgehead atoms. The van der Waals surface area contributed by atoms with Gasteiger partial charge in [0.15, 0.2) is 6.10 Å². The van der Waals surface area contributed by atoms with Crippen LogP contribution in [0, 0.1) is 0 Å². The SMILES string of the molecule is OC[C@H]1OC(OF)[C@H](OF)[C@@H](O)[C@@H]1O. The number of ether oxygens (including phenoxy) is 1. The van der Waals surface area contributed by atoms with Crippen LogP contribution in [0.25, 0.3) is 0 Å². The van der Waals surface area contributed by atoms with E-state index in [2.05, 4.69) is 14.6 Å². The highest BCUT2D eigenvalue weighted by atomic mass is 19.3. The van der Waals surface area contributed by atoms with Gasteiger partial charge >= 0.3 is 0 Å². The Kier molecular flexibility index (Phi) is 4.11. The molecule has 5 atom stereocenters. The smallest absolute Gasteiger partial charge is 0.229 e. The van der Waals surface area contributed by atoms with E-state index in [0.29, 0.717) is 0 Å². The second kappa shape index (κ2) is 4.91. The molecule has 1 unspecified atom stereocenters. The highest BCUT2D eigenvalue weighted by Crippen LogP contribution is 2.24. The summed E-state index contributed by atoms with van der Waals surface area (Å²) in [7, 11) is 0. The van der Waals surface area contributed by atoms with Crippen molar-refractivity contribution in [3.05, 3.63) is 0 Å². The molecule has 1 fully saturated rings. The molecule has 0 radical (unpaired) electrons. The minimum absolute atomic E-state index is 0.670. The summed E-state index contributed by atoms with van der Waals surface area (Å²) in [6, 6.07) is 0. The van der Waals surface area contributed by atoms with Crippen LogP contribution >= 0.6 is 0 Å². The third kappa shape index (κ3) is 2.00. The van der Waals surface area contributed by atoms with E-state index >= 15 is 0 Å². The summed E-state index contributed by atoms with van der Waals surface area (Å²) in [4.78, 5) is 6.36. The van der Waals surface area contributed by atoms with Crippen LogP contribution in [0.5, 0.6) is 0 Å². The summed E-state index contributed by atoms with van der Waals surface area (Å²) >= 11 is 0. The van der Waals surface area contributed by atoms with Crippen LogP contribution in [0.4, 0.5) is 9.05 Å². The fourth-order valence-electron chi connectivity index (χ4n) is 1.22. The maximum Gasteiger partial charge on any atom is 0.229 e. The average molecular weight is 216 g/mol. The van der Waals surface area contributed by atoms with Gasteiger partial charge < -0.3 is 20.1 Å². The summed E-state index contributed by atoms with van der Waals surface area (Å²) in [6.45, 7) is -0.670. The highest BCUT2D eigenvalue weighted by Gasteiger charge is 2.47. The minimum Gasteiger partial charge on any atom is -0.394 e. The molecule has 1 aliphatic heterocycles. The second-order valence-electron chi connectivity index (χ2n) is 2.85. The first-order valence-electron chi connectivity index (χ1n) is 3.83. The van der Waals surface area contributed by atoms with Crippen LogP contribution in [0.2, 0.25) is 0 Å². The van der Waals surface area contributed by atoms with Gasteiger partial charge in [0.25, 0.3) is 0 Å². The van der Waals surface area contributed by atoms with E-state index in [1.165, 1.54) is 0 Å². The van der Waals surface area contributed by atoms with Crippen LogP contribution in [0.15, 0.2) is 0 Å². The Morgan fingerprint density at radius 1 is 1.14 bits per heavy atom. The van der Waals surface area contributed by atoms with Gasteiger partial charge in [-0.05, 0) is 9.05 Å². The Balaban J connectivity index is 2.71. The Labute approximate surface area is 77.4 Å². The van der Waals surface area contributed by atoms with Gasteiger partial charge in [-0.15, -0.1) is 0 Å². The fraction of sp³-hybridized carbons (Fsp3) is 1.00. The van der Waals surface area contributed by atoms with E-state index in [1.807, 2.05) is 0 Å². The van der Waals surface area contributed by atoms with Crippen molar-refractivity contribution >= 4 is 0 Å². The maximum atomic E-state index is 11.8. The molecule has 1 rings (SSSR count). The molecule has 6 nitrogen and oxygen atoms in total. The van der Waals surface area contributed by atoms with Gasteiger partial charge in [-0.1, -0.05) is 0 Å². The zero-order valence-corrected chi connectivity index (χ0v) is 6.92. The lowest BCUT2D eigenvalue weighted by molar-refractivity contribution is -0.394. The van der Waals surface area contributed by atoms with Crippen LogP contribution in [0.1, 0.15) is 0 Å². The van der Waals surface area contributed by atoms with Crippen molar-refractivity contribution in [3.63, 3.8) is 0 Å². The maximum absolute atomic E-state index is 11.8. The standard InChI is InChI=1S/C6H10F2O6/c7-13-5-4(11)3(10)2(1-9)12-6(5)14-8/h2-6,9-11H,1H2/t2-,3-,4+,5-,6?/m1/s1. The fourth-order valence-corrected chi connectivity index (χ4v) is 1.22. The van der Waals surface area contributed by atoms with Gasteiger partial charge in [-0.2, -0.15) is 9.88 Å². The number of halogens is 2. The molecular weight excluding hydrogens is 206 g/mol. The summed E-state index contributed by atoms with van der Waals surface area (Å²) in [6.07, 6.45) is -8.19. The zero-order valence-electron chi connectivity index (χ0n) is 6.92. The highest BCUT2D eigenvalue weighted by molar-refractivity contribution is 4.89. The molecule has 14 heavy (non-hydrogen) atoms. The topological polar surface area (TPSA) is 88.4 Å². The molecule has 0 amide bonds. The third-order valence-electron chi connectivity index (χ3n) is 2.02. The Morgan fingerprint density at radius 2 is 1.79 bits per heavy atom. The van der Waals surface area contributed by atoms with Crippen LogP contribution in [0.3, 0.4) is 0 Å². The first-order valence-corrected chi connectivity index (χ1v) is 3.83. The predicted molar refractivity (Wildman–Crippen MR) is 35.9 cm³/mol. The van der Waals surface area contributed by atoms with Crippen molar-refractivity contribution in [2.75, 3.05) is 6.61 Å². The molecule has 0 saturated carbocycles. The number of hydrogen-bond acceptors (Lipinski definition) is 6. The van der Waals surface area contributed by atoms with Crippen molar-refractivity contribution < 1.29 is 39.0 Å². The number of aliphatic hydroxyl groups excluding tert-OH is 3.